The summed E-state index contributed by atoms with van der Waals surface area (Å²) in [5.41, 5.74) is 8.70. The molecule has 2 aromatic heterocycles. The molecular weight excluding hydrogens is 467 g/mol. The van der Waals surface area contributed by atoms with E-state index in [0.29, 0.717) is 29.0 Å². The van der Waals surface area contributed by atoms with Crippen LogP contribution < -0.4 is 16.0 Å². The average Bonchev–Trinajstić information content (AvgIpc) is 2.83. The maximum Gasteiger partial charge on any atom is 0.490 e. The highest BCUT2D eigenvalue weighted by Crippen LogP contribution is 2.31. The summed E-state index contributed by atoms with van der Waals surface area (Å²) in [7, 11) is 0. The van der Waals surface area contributed by atoms with Gasteiger partial charge in [0.05, 0.1) is 29.1 Å². The maximum absolute atomic E-state index is 12.7. The molecule has 0 saturated carbocycles. The van der Waals surface area contributed by atoms with Crippen LogP contribution in [0.5, 0.6) is 5.75 Å². The van der Waals surface area contributed by atoms with Gasteiger partial charge in [-0.3, -0.25) is 4.79 Å². The Labute approximate surface area is 195 Å². The second kappa shape index (κ2) is 9.41. The number of aromatic amines is 1. The molecule has 0 spiro atoms. The van der Waals surface area contributed by atoms with Crippen molar-refractivity contribution < 1.29 is 27.8 Å². The minimum absolute atomic E-state index is 0.00772. The molecule has 0 aliphatic carbocycles. The average molecular weight is 485 g/mol. The van der Waals surface area contributed by atoms with E-state index in [4.69, 9.17) is 25.4 Å². The number of ether oxygens (including phenoxy) is 1. The summed E-state index contributed by atoms with van der Waals surface area (Å²) in [6.45, 7) is 0.490. The number of para-hydroxylation sites is 1. The fraction of sp³-hybridized carbons (Fsp3) is 0.174. The van der Waals surface area contributed by atoms with E-state index in [1.807, 2.05) is 36.4 Å². The Bertz CT molecular complexity index is 1460. The standard InChI is InChI=1S/C21H17N5O2.C2HF3O2/c22-21-23-8-7-16(25-21)12-5-6-17-15(10-12)20(27)26-19(24-17)14-9-13-3-1-2-4-18(13)28-11-14;3-2(4,5)1(6)7/h1-8,10,14H,9,11H2,(H2,22,23,25)(H,24,26,27);(H,6,7). The molecule has 2 aromatic carbocycles. The summed E-state index contributed by atoms with van der Waals surface area (Å²) in [6, 6.07) is 15.2. The van der Waals surface area contributed by atoms with Crippen LogP contribution in [-0.2, 0) is 11.2 Å². The molecule has 180 valence electrons. The molecule has 3 heterocycles. The van der Waals surface area contributed by atoms with Crippen LogP contribution in [-0.4, -0.2) is 43.8 Å². The summed E-state index contributed by atoms with van der Waals surface area (Å²) in [6.07, 6.45) is -2.71. The van der Waals surface area contributed by atoms with Crippen molar-refractivity contribution in [3.8, 4) is 17.0 Å². The molecule has 1 aliphatic rings. The minimum atomic E-state index is -5.08. The van der Waals surface area contributed by atoms with Crippen LogP contribution in [0.1, 0.15) is 17.3 Å². The Balaban J connectivity index is 0.000000364. The number of nitrogen functional groups attached to an aromatic ring is 1. The summed E-state index contributed by atoms with van der Waals surface area (Å²) in [5, 5.41) is 7.63. The fourth-order valence-electron chi connectivity index (χ4n) is 3.55. The SMILES string of the molecule is Nc1nccc(-c2ccc3nc(C4COc5ccccc5C4)[nH]c(=O)c3c2)n1.O=C(O)C(F)(F)F. The molecule has 5 rings (SSSR count). The van der Waals surface area contributed by atoms with Gasteiger partial charge in [0.15, 0.2) is 0 Å². The summed E-state index contributed by atoms with van der Waals surface area (Å²) < 4.78 is 37.6. The van der Waals surface area contributed by atoms with E-state index in [0.717, 1.165) is 23.3 Å². The van der Waals surface area contributed by atoms with E-state index >= 15 is 0 Å². The number of nitrogens with zero attached hydrogens (tertiary/aromatic N) is 3. The first-order chi connectivity index (χ1) is 16.6. The Morgan fingerprint density at radius 1 is 1.14 bits per heavy atom. The van der Waals surface area contributed by atoms with Gasteiger partial charge in [-0.2, -0.15) is 13.2 Å². The van der Waals surface area contributed by atoms with Gasteiger partial charge >= 0.3 is 12.1 Å². The number of hydrogen-bond donors (Lipinski definition) is 3. The zero-order valence-corrected chi connectivity index (χ0v) is 17.9. The Morgan fingerprint density at radius 3 is 2.60 bits per heavy atom. The van der Waals surface area contributed by atoms with Crippen molar-refractivity contribution in [2.75, 3.05) is 12.3 Å². The van der Waals surface area contributed by atoms with E-state index in [2.05, 4.69) is 15.0 Å². The molecule has 0 bridgehead atoms. The van der Waals surface area contributed by atoms with Crippen LogP contribution >= 0.6 is 0 Å². The van der Waals surface area contributed by atoms with Crippen molar-refractivity contribution in [3.05, 3.63) is 76.5 Å². The van der Waals surface area contributed by atoms with Crippen molar-refractivity contribution in [2.24, 2.45) is 0 Å². The quantitative estimate of drug-likeness (QED) is 0.392. The number of alkyl halides is 3. The van der Waals surface area contributed by atoms with Crippen LogP contribution in [0.25, 0.3) is 22.2 Å². The molecule has 0 radical (unpaired) electrons. The maximum atomic E-state index is 12.7. The molecule has 4 aromatic rings. The first-order valence-electron chi connectivity index (χ1n) is 10.3. The van der Waals surface area contributed by atoms with E-state index in [1.54, 1.807) is 18.3 Å². The van der Waals surface area contributed by atoms with E-state index < -0.39 is 12.1 Å². The van der Waals surface area contributed by atoms with Gasteiger partial charge < -0.3 is 20.6 Å². The van der Waals surface area contributed by atoms with Gasteiger partial charge in [0.2, 0.25) is 5.95 Å². The second-order valence-electron chi connectivity index (χ2n) is 7.61. The largest absolute Gasteiger partial charge is 0.493 e. The number of aromatic nitrogens is 4. The topological polar surface area (TPSA) is 144 Å². The summed E-state index contributed by atoms with van der Waals surface area (Å²) >= 11 is 0. The number of hydrogen-bond acceptors (Lipinski definition) is 7. The van der Waals surface area contributed by atoms with Crippen LogP contribution in [0.15, 0.2) is 59.5 Å². The third-order valence-electron chi connectivity index (χ3n) is 5.20. The summed E-state index contributed by atoms with van der Waals surface area (Å²) in [5.74, 6) is -1.01. The lowest BCUT2D eigenvalue weighted by molar-refractivity contribution is -0.192. The van der Waals surface area contributed by atoms with Crippen molar-refractivity contribution >= 4 is 22.8 Å². The number of H-pyrrole nitrogens is 1. The highest BCUT2D eigenvalue weighted by molar-refractivity contribution is 5.83. The van der Waals surface area contributed by atoms with Gasteiger partial charge in [-0.1, -0.05) is 24.3 Å². The molecule has 35 heavy (non-hydrogen) atoms. The zero-order chi connectivity index (χ0) is 25.2. The number of nitrogens with one attached hydrogen (secondary N) is 1. The summed E-state index contributed by atoms with van der Waals surface area (Å²) in [4.78, 5) is 37.4. The number of carboxylic acid groups (broad SMARTS) is 1. The first-order valence-corrected chi connectivity index (χ1v) is 10.3. The molecule has 4 N–H and O–H groups in total. The molecule has 1 aliphatic heterocycles. The number of halogens is 3. The number of carboxylic acids is 1. The fourth-order valence-corrected chi connectivity index (χ4v) is 3.55. The van der Waals surface area contributed by atoms with Crippen molar-refractivity contribution in [1.29, 1.82) is 0 Å². The van der Waals surface area contributed by atoms with Gasteiger partial charge in [-0.05, 0) is 36.2 Å². The number of fused-ring (bicyclic) bond motifs is 2. The number of nitrogens with two attached hydrogens (primary N) is 1. The smallest absolute Gasteiger partial charge is 0.490 e. The van der Waals surface area contributed by atoms with Gasteiger partial charge in [0.25, 0.3) is 5.56 Å². The van der Waals surface area contributed by atoms with Crippen molar-refractivity contribution in [1.82, 2.24) is 19.9 Å². The highest BCUT2D eigenvalue weighted by atomic mass is 19.4. The van der Waals surface area contributed by atoms with Crippen molar-refractivity contribution in [3.63, 3.8) is 0 Å². The molecule has 0 fully saturated rings. The predicted octanol–water partition coefficient (Wildman–Crippen LogP) is 3.31. The van der Waals surface area contributed by atoms with E-state index in [-0.39, 0.29) is 17.4 Å². The van der Waals surface area contributed by atoms with Gasteiger partial charge in [-0.25, -0.2) is 19.7 Å². The van der Waals surface area contributed by atoms with E-state index in [9.17, 15) is 18.0 Å². The monoisotopic (exact) mass is 485 g/mol. The lowest BCUT2D eigenvalue weighted by Crippen LogP contribution is -2.24. The van der Waals surface area contributed by atoms with Crippen LogP contribution in [0.3, 0.4) is 0 Å². The zero-order valence-electron chi connectivity index (χ0n) is 17.9. The number of carbonyl (C=O) groups is 1. The number of anilines is 1. The predicted molar refractivity (Wildman–Crippen MR) is 120 cm³/mol. The van der Waals surface area contributed by atoms with Crippen molar-refractivity contribution in [2.45, 2.75) is 18.5 Å². The third-order valence-corrected chi connectivity index (χ3v) is 5.20. The number of aliphatic carboxylic acids is 1. The Kier molecular flexibility index (Phi) is 6.36. The van der Waals surface area contributed by atoms with Crippen LogP contribution in [0, 0.1) is 0 Å². The molecule has 0 amide bonds. The molecular formula is C23H18F3N5O4. The van der Waals surface area contributed by atoms with E-state index in [1.165, 1.54) is 0 Å². The van der Waals surface area contributed by atoms with Gasteiger partial charge in [-0.15, -0.1) is 0 Å². The lowest BCUT2D eigenvalue weighted by Gasteiger charge is -2.24. The molecule has 1 unspecified atom stereocenters. The lowest BCUT2D eigenvalue weighted by atomic mass is 9.96. The van der Waals surface area contributed by atoms with Crippen LogP contribution in [0.4, 0.5) is 19.1 Å². The highest BCUT2D eigenvalue weighted by Gasteiger charge is 2.38. The molecule has 12 heteroatoms. The van der Waals surface area contributed by atoms with Crippen LogP contribution in [0.2, 0.25) is 0 Å². The Morgan fingerprint density at radius 2 is 1.89 bits per heavy atom. The second-order valence-corrected chi connectivity index (χ2v) is 7.61. The van der Waals surface area contributed by atoms with Gasteiger partial charge in [0.1, 0.15) is 11.6 Å². The molecule has 0 saturated heterocycles. The third kappa shape index (κ3) is 5.37. The normalized spacial score (nSPS) is 14.9. The number of rotatable bonds is 2. The first kappa shape index (κ1) is 23.7. The number of benzene rings is 2. The molecule has 1 atom stereocenters. The Hall–Kier alpha value is -4.48. The minimum Gasteiger partial charge on any atom is -0.493 e. The molecule has 9 nitrogen and oxygen atoms in total. The van der Waals surface area contributed by atoms with Gasteiger partial charge in [0, 0.05) is 11.8 Å².